The van der Waals surface area contributed by atoms with E-state index >= 15 is 0 Å². The Labute approximate surface area is 222 Å². The number of pyridine rings is 1. The van der Waals surface area contributed by atoms with Gasteiger partial charge in [-0.1, -0.05) is 11.3 Å². The van der Waals surface area contributed by atoms with Crippen molar-refractivity contribution in [3.63, 3.8) is 0 Å². The molecule has 4 aromatic rings. The van der Waals surface area contributed by atoms with Crippen LogP contribution in [0.15, 0.2) is 45.2 Å². The van der Waals surface area contributed by atoms with Gasteiger partial charge in [0.2, 0.25) is 0 Å². The molecule has 34 heavy (non-hydrogen) atoms. The van der Waals surface area contributed by atoms with Gasteiger partial charge in [0.05, 0.1) is 0 Å². The summed E-state index contributed by atoms with van der Waals surface area (Å²) in [6.45, 7) is 3.61. The summed E-state index contributed by atoms with van der Waals surface area (Å²) in [5.41, 5.74) is 1.48. The quantitative estimate of drug-likeness (QED) is 0.276. The van der Waals surface area contributed by atoms with Crippen molar-refractivity contribution in [3.05, 3.63) is 74.5 Å². The Hall–Kier alpha value is -2.35. The zero-order chi connectivity index (χ0) is 23.8. The summed E-state index contributed by atoms with van der Waals surface area (Å²) in [7, 11) is -2.77. The fourth-order valence-corrected chi connectivity index (χ4v) is 4.25. The van der Waals surface area contributed by atoms with Crippen molar-refractivity contribution >= 4 is 38.3 Å². The van der Waals surface area contributed by atoms with Crippen molar-refractivity contribution in [1.29, 1.82) is 0 Å². The second-order valence-corrected chi connectivity index (χ2v) is 9.60. The molecule has 3 aromatic heterocycles. The zero-order valence-corrected chi connectivity index (χ0v) is 22.4. The van der Waals surface area contributed by atoms with Crippen LogP contribution in [0.4, 0.5) is 10.2 Å². The van der Waals surface area contributed by atoms with Crippen LogP contribution in [0, 0.1) is 19.7 Å². The van der Waals surface area contributed by atoms with Crippen LogP contribution in [0.25, 0.3) is 11.0 Å². The molecule has 9 nitrogen and oxygen atoms in total. The summed E-state index contributed by atoms with van der Waals surface area (Å²) < 4.78 is 53.6. The summed E-state index contributed by atoms with van der Waals surface area (Å²) in [5, 5.41) is 2.93. The summed E-state index contributed by atoms with van der Waals surface area (Å²) in [6, 6.07) is 4.84. The average molecular weight is 515 g/mol. The number of aromatic nitrogens is 2. The van der Waals surface area contributed by atoms with Crippen LogP contribution in [0.1, 0.15) is 23.7 Å². The van der Waals surface area contributed by atoms with E-state index < -0.39 is 27.5 Å². The van der Waals surface area contributed by atoms with Gasteiger partial charge in [-0.3, -0.25) is 4.72 Å². The van der Waals surface area contributed by atoms with Gasteiger partial charge in [-0.2, -0.15) is 8.42 Å². The van der Waals surface area contributed by atoms with E-state index in [1.165, 1.54) is 30.6 Å². The Morgan fingerprint density at radius 3 is 2.68 bits per heavy atom. The van der Waals surface area contributed by atoms with Crippen LogP contribution in [0.3, 0.4) is 0 Å². The second-order valence-electron chi connectivity index (χ2n) is 7.13. The van der Waals surface area contributed by atoms with Gasteiger partial charge >= 0.3 is 35.2 Å². The smallest absolute Gasteiger partial charge is 1.00 e. The molecule has 4 rings (SSSR count). The fraction of sp³-hybridized carbons (Fsp3) is 0.190. The standard InChI is InChI=1S/C21H19FN4O5S2.Na.H/c1-11-8-14-12(2)15(9-13-4-5-24-19(18(13)22)26-33(28,29)23-3)20(27)30-17(14)10-16(11)31-21-25-6-7-32-21;;/h4-8,10,23H,9H2,1-3H3,(H,24,26);;/q;+1;-1. The summed E-state index contributed by atoms with van der Waals surface area (Å²) in [6.07, 6.45) is 2.78. The van der Waals surface area contributed by atoms with Crippen molar-refractivity contribution < 1.29 is 52.9 Å². The average Bonchev–Trinajstić information content (AvgIpc) is 3.28. The monoisotopic (exact) mass is 514 g/mol. The number of nitrogens with one attached hydrogen (secondary N) is 2. The number of thiazole rings is 1. The molecule has 0 spiro atoms. The van der Waals surface area contributed by atoms with Crippen molar-refractivity contribution in [3.8, 4) is 10.9 Å². The Kier molecular flexibility index (Phi) is 8.11. The molecule has 0 saturated carbocycles. The molecule has 1 aromatic carbocycles. The van der Waals surface area contributed by atoms with E-state index in [0.29, 0.717) is 27.5 Å². The van der Waals surface area contributed by atoms with Gasteiger partial charge in [0.25, 0.3) is 15.4 Å². The molecule has 0 saturated heterocycles. The predicted octanol–water partition coefficient (Wildman–Crippen LogP) is 0.776. The van der Waals surface area contributed by atoms with Crippen LogP contribution in [-0.4, -0.2) is 25.4 Å². The number of benzene rings is 1. The van der Waals surface area contributed by atoms with E-state index in [9.17, 15) is 17.6 Å². The van der Waals surface area contributed by atoms with Gasteiger partial charge in [0.15, 0.2) is 11.6 Å². The van der Waals surface area contributed by atoms with Crippen LogP contribution < -0.4 is 49.4 Å². The molecular weight excluding hydrogens is 494 g/mol. The van der Waals surface area contributed by atoms with E-state index in [1.807, 2.05) is 22.4 Å². The molecular formula is C21H20FN4NaO5S2. The van der Waals surface area contributed by atoms with E-state index in [4.69, 9.17) is 9.15 Å². The summed E-state index contributed by atoms with van der Waals surface area (Å²) in [4.78, 5) is 20.6. The van der Waals surface area contributed by atoms with Gasteiger partial charge in [0, 0.05) is 48.3 Å². The first-order chi connectivity index (χ1) is 15.7. The van der Waals surface area contributed by atoms with Crippen LogP contribution in [0.5, 0.6) is 10.9 Å². The maximum absolute atomic E-state index is 14.9. The molecule has 3 heterocycles. The number of anilines is 1. The normalized spacial score (nSPS) is 11.3. The van der Waals surface area contributed by atoms with Gasteiger partial charge in [0.1, 0.15) is 11.3 Å². The Morgan fingerprint density at radius 2 is 2.00 bits per heavy atom. The SMILES string of the molecule is CNS(=O)(=O)Nc1nccc(Cc2c(C)c3cc(C)c(Oc4nccs4)cc3oc2=O)c1F.[H-].[Na+]. The summed E-state index contributed by atoms with van der Waals surface area (Å²) >= 11 is 1.34. The van der Waals surface area contributed by atoms with Gasteiger partial charge < -0.3 is 10.6 Å². The third-order valence-electron chi connectivity index (χ3n) is 5.03. The molecule has 0 unspecified atom stereocenters. The van der Waals surface area contributed by atoms with Gasteiger partial charge in [-0.05, 0) is 42.7 Å². The number of rotatable bonds is 7. The number of hydrogen-bond donors (Lipinski definition) is 2. The molecule has 174 valence electrons. The van der Waals surface area contributed by atoms with Gasteiger partial charge in [-0.15, -0.1) is 0 Å². The van der Waals surface area contributed by atoms with Crippen molar-refractivity contribution in [1.82, 2.24) is 14.7 Å². The van der Waals surface area contributed by atoms with Crippen molar-refractivity contribution in [2.75, 3.05) is 11.8 Å². The summed E-state index contributed by atoms with van der Waals surface area (Å²) in [5.74, 6) is -0.836. The molecule has 0 bridgehead atoms. The third-order valence-corrected chi connectivity index (χ3v) is 6.67. The molecule has 0 radical (unpaired) electrons. The van der Waals surface area contributed by atoms with Crippen LogP contribution >= 0.6 is 11.3 Å². The first-order valence-corrected chi connectivity index (χ1v) is 12.0. The maximum Gasteiger partial charge on any atom is 1.00 e. The number of hydrogen-bond acceptors (Lipinski definition) is 8. The Bertz CT molecular complexity index is 1510. The molecule has 0 aliphatic carbocycles. The number of halogens is 1. The predicted molar refractivity (Wildman–Crippen MR) is 124 cm³/mol. The number of ether oxygens (including phenoxy) is 1. The number of nitrogens with zero attached hydrogens (tertiary/aromatic N) is 2. The minimum absolute atomic E-state index is 0. The molecule has 2 N–H and O–H groups in total. The molecule has 0 aliphatic heterocycles. The minimum atomic E-state index is -3.96. The first-order valence-electron chi connectivity index (χ1n) is 9.67. The maximum atomic E-state index is 14.9. The van der Waals surface area contributed by atoms with Gasteiger partial charge in [-0.25, -0.2) is 23.9 Å². The van der Waals surface area contributed by atoms with E-state index in [2.05, 4.69) is 9.97 Å². The Balaban J connectivity index is 0.00000216. The van der Waals surface area contributed by atoms with Crippen LogP contribution in [0.2, 0.25) is 0 Å². The molecule has 0 amide bonds. The largest absolute Gasteiger partial charge is 1.00 e. The van der Waals surface area contributed by atoms with Crippen LogP contribution in [-0.2, 0) is 16.6 Å². The first kappa shape index (κ1) is 26.3. The van der Waals surface area contributed by atoms with Crippen molar-refractivity contribution in [2.45, 2.75) is 20.3 Å². The minimum Gasteiger partial charge on any atom is -1.00 e. The van der Waals surface area contributed by atoms with Crippen molar-refractivity contribution in [2.24, 2.45) is 0 Å². The second kappa shape index (κ2) is 10.5. The number of fused-ring (bicyclic) bond motifs is 1. The van der Waals surface area contributed by atoms with E-state index in [1.54, 1.807) is 24.6 Å². The van der Waals surface area contributed by atoms with E-state index in [0.717, 1.165) is 5.56 Å². The Morgan fingerprint density at radius 1 is 1.24 bits per heavy atom. The zero-order valence-electron chi connectivity index (χ0n) is 19.8. The number of aryl methyl sites for hydroxylation is 2. The third kappa shape index (κ3) is 5.48. The molecule has 13 heteroatoms. The topological polar surface area (TPSA) is 123 Å². The fourth-order valence-electron chi connectivity index (χ4n) is 3.25. The van der Waals surface area contributed by atoms with E-state index in [-0.39, 0.29) is 48.5 Å². The molecule has 0 fully saturated rings. The molecule has 0 aliphatic rings. The molecule has 0 atom stereocenters.